The number of hydrogen-bond acceptors (Lipinski definition) is 8. The molecule has 0 amide bonds. The van der Waals surface area contributed by atoms with Crippen molar-refractivity contribution in [2.24, 2.45) is 0 Å². The van der Waals surface area contributed by atoms with Gasteiger partial charge in [0.1, 0.15) is 0 Å². The van der Waals surface area contributed by atoms with Gasteiger partial charge in [-0.2, -0.15) is 0 Å². The van der Waals surface area contributed by atoms with Crippen LogP contribution in [0.4, 0.5) is 0 Å². The van der Waals surface area contributed by atoms with Crippen molar-refractivity contribution in [2.45, 2.75) is 0 Å². The molecule has 0 saturated carbocycles. The summed E-state index contributed by atoms with van der Waals surface area (Å²) in [6, 6.07) is 107. The second-order valence-corrected chi connectivity index (χ2v) is 24.6. The van der Waals surface area contributed by atoms with Gasteiger partial charge in [0.2, 0.25) is 11.2 Å². The summed E-state index contributed by atoms with van der Waals surface area (Å²) >= 11 is 8.57. The number of benzene rings is 16. The molecule has 0 aliphatic carbocycles. The van der Waals surface area contributed by atoms with Crippen LogP contribution in [0.5, 0.6) is 0 Å². The molecule has 0 bridgehead atoms. The number of rotatable bonds is 4. The number of para-hydroxylation sites is 2. The summed E-state index contributed by atoms with van der Waals surface area (Å²) in [5, 5.41) is 35.8. The van der Waals surface area contributed by atoms with Gasteiger partial charge in [-0.05, 0) is 105 Å². The Kier molecular flexibility index (Phi) is 20.5. The second-order valence-electron chi connectivity index (χ2n) is 23.7. The number of H-pyrrole nitrogens is 1. The fourth-order valence-corrected chi connectivity index (χ4v) is 14.4. The van der Waals surface area contributed by atoms with Gasteiger partial charge in [0, 0.05) is 65.0 Å². The van der Waals surface area contributed by atoms with Gasteiger partial charge < -0.3 is 15.1 Å². The third kappa shape index (κ3) is 12.9. The average Bonchev–Trinajstić information content (AvgIpc) is 1.56. The summed E-state index contributed by atoms with van der Waals surface area (Å²) in [7, 11) is -3.15. The van der Waals surface area contributed by atoms with Gasteiger partial charge in [-0.3, -0.25) is 4.57 Å². The van der Waals surface area contributed by atoms with Crippen LogP contribution in [-0.4, -0.2) is 92.6 Å². The summed E-state index contributed by atoms with van der Waals surface area (Å²) in [5.41, 5.74) is 10.4. The number of nitrogens with one attached hydrogen (secondary N) is 1. The molecule has 0 radical (unpaired) electrons. The second kappa shape index (κ2) is 29.9. The zero-order valence-corrected chi connectivity index (χ0v) is 65.1. The summed E-state index contributed by atoms with van der Waals surface area (Å²) in [6.45, 7) is 0. The first kappa shape index (κ1) is 67.9. The number of nitrogens with zero attached hydrogens (tertiary/aromatic N) is 5. The van der Waals surface area contributed by atoms with E-state index in [2.05, 4.69) is 291 Å². The molecule has 4 aromatic heterocycles. The number of fused-ring (bicyclic) bond motifs is 24. The summed E-state index contributed by atoms with van der Waals surface area (Å²) < 4.78 is 13.7. The summed E-state index contributed by atoms with van der Waals surface area (Å²) in [6.07, 6.45) is 0. The maximum atomic E-state index is 8.87. The van der Waals surface area contributed by atoms with Crippen LogP contribution >= 0.6 is 19.9 Å². The molecule has 0 aliphatic heterocycles. The van der Waals surface area contributed by atoms with E-state index in [1.54, 1.807) is 0 Å². The van der Waals surface area contributed by atoms with Crippen molar-refractivity contribution in [3.05, 3.63) is 309 Å². The third-order valence-corrected chi connectivity index (χ3v) is 18.7. The Hall–Kier alpha value is -6.94. The van der Waals surface area contributed by atoms with Gasteiger partial charge in [0.25, 0.3) is 0 Å². The molecule has 20 rings (SSSR count). The Morgan fingerprint density at radius 3 is 1.29 bits per heavy atom. The Bertz CT molecular complexity index is 6570. The van der Waals surface area contributed by atoms with Crippen molar-refractivity contribution in [1.82, 2.24) is 29.5 Å². The first-order valence-corrected chi connectivity index (χ1v) is 49.9. The molecule has 99 heavy (non-hydrogen) atoms. The fraction of sp³-hybridized carbons (Fsp3) is 0. The van der Waals surface area contributed by atoms with Crippen LogP contribution in [0.3, 0.4) is 0 Å². The predicted molar refractivity (Wildman–Crippen MR) is 405 cm³/mol. The first-order valence-electron chi connectivity index (χ1n) is 32.4. The van der Waals surface area contributed by atoms with Crippen LogP contribution in [0.1, 0.15) is 0 Å². The Labute approximate surface area is 661 Å². The monoisotopic (exact) mass is 1390 g/mol. The van der Waals surface area contributed by atoms with E-state index < -0.39 is 8.25 Å². The van der Waals surface area contributed by atoms with Crippen molar-refractivity contribution < 1.29 is 70.8 Å². The van der Waals surface area contributed by atoms with Gasteiger partial charge in [0.15, 0.2) is 0 Å². The van der Waals surface area contributed by atoms with Crippen LogP contribution in [-0.2, 0) is 9.24 Å². The van der Waals surface area contributed by atoms with Crippen LogP contribution in [0, 0.1) is 0 Å². The van der Waals surface area contributed by atoms with E-state index in [9.17, 15) is 0 Å². The van der Waals surface area contributed by atoms with Crippen LogP contribution in [0.15, 0.2) is 303 Å². The number of aromatic amines is 1. The Balaban J connectivity index is 0.000000125. The smallest absolute Gasteiger partial charge is 0.235 e. The van der Waals surface area contributed by atoms with Gasteiger partial charge >= 0.3 is 123 Å². The minimum absolute atomic E-state index is 0. The van der Waals surface area contributed by atoms with E-state index in [0.717, 1.165) is 55.4 Å². The first-order chi connectivity index (χ1) is 48.3. The number of hydrogen-bond donors (Lipinski definition) is 1. The molecule has 0 aliphatic rings. The third-order valence-electron chi connectivity index (χ3n) is 18.4. The molecule has 0 fully saturated rings. The molecule has 10 nitrogen and oxygen atoms in total. The standard InChI is InChI=1S/C42H25N3.C24H15N.C18H11ClN2.3K.HO4P/c1-2-13-28-25-29(22-21-26(28)11-1)39-35-19-9-10-20-37(35)43-42(44-39)45-40-30-14-4-3-12-27(30)23-24-36(40)38-33-17-7-5-15-31(33)32-16-6-8-18-34(32)41(38)45;1-2-8-16-15(7-1)13-14-21-22-19-11-5-3-9-17(19)18-10-4-6-12-20(18)24(22)25-23(16)21;19-18-20-16-8-4-3-7-15(16)17(21-18)14-10-9-12-5-1-2-6-13(12)11-14;;;;1-4-5(2)3/h1-25H;1-14,25H;1-11H;;;;1H/q;;;;;+1;/p-1. The van der Waals surface area contributed by atoms with Gasteiger partial charge in [-0.1, -0.05) is 279 Å². The predicted octanol–water partition coefficient (Wildman–Crippen LogP) is 17.4. The van der Waals surface area contributed by atoms with E-state index in [0.29, 0.717) is 5.95 Å². The molecule has 1 unspecified atom stereocenters. The van der Waals surface area contributed by atoms with E-state index >= 15 is 0 Å². The van der Waals surface area contributed by atoms with E-state index in [4.69, 9.17) is 36.3 Å². The molecular weight excluding hydrogens is 1340 g/mol. The summed E-state index contributed by atoms with van der Waals surface area (Å²) in [4.78, 5) is 32.1. The van der Waals surface area contributed by atoms with Crippen molar-refractivity contribution in [2.75, 3.05) is 0 Å². The SMILES string of the molecule is Clc1nc(-c2ccc3ccccc3c2)c2ccccc2n1.O=[P+]([O-])O[O-].[K+].[K][K].c1ccc2c(c1)ccc1c2[nH]c2c3ccccc3c3ccccc3c12.c1ccc2cc(-c3nc(-n4c5c6ccccc6ccc5c5c6ccccc6c6ccccc6c54)nc4ccccc34)ccc2c1. The Morgan fingerprint density at radius 1 is 0.354 bits per heavy atom. The van der Waals surface area contributed by atoms with Crippen LogP contribution in [0.25, 0.3) is 180 Å². The average molecular weight is 1390 g/mol. The van der Waals surface area contributed by atoms with E-state index in [-0.39, 0.29) is 56.7 Å². The van der Waals surface area contributed by atoms with Crippen molar-refractivity contribution in [1.29, 1.82) is 0 Å². The minimum atomic E-state index is -3.15. The Morgan fingerprint density at radius 2 is 0.737 bits per heavy atom. The normalized spacial score (nSPS) is 11.5. The fourth-order valence-electron chi connectivity index (χ4n) is 14.3. The molecule has 456 valence electrons. The molecule has 15 heteroatoms. The molecular formula is C84H51ClK3N6O4P. The van der Waals surface area contributed by atoms with Crippen molar-refractivity contribution in [3.8, 4) is 28.5 Å². The number of halogens is 1. The molecule has 16 aromatic carbocycles. The quantitative estimate of drug-likeness (QED) is 0.0458. The van der Waals surface area contributed by atoms with Gasteiger partial charge in [-0.25, -0.2) is 24.6 Å². The molecule has 20 aromatic rings. The van der Waals surface area contributed by atoms with E-state index in [1.807, 2.05) is 36.4 Å². The maximum absolute atomic E-state index is 8.87. The van der Waals surface area contributed by atoms with Crippen molar-refractivity contribution >= 4 is 235 Å². The van der Waals surface area contributed by atoms with Crippen LogP contribution < -0.4 is 61.5 Å². The molecule has 0 spiro atoms. The van der Waals surface area contributed by atoms with Gasteiger partial charge in [0.05, 0.1) is 44.5 Å². The summed E-state index contributed by atoms with van der Waals surface area (Å²) in [5.74, 6) is 0.675. The molecule has 1 atom stereocenters. The molecule has 4 heterocycles. The van der Waals surface area contributed by atoms with E-state index in [1.165, 1.54) is 182 Å². The minimum Gasteiger partial charge on any atom is -0.353 e. The molecule has 0 saturated heterocycles. The maximum Gasteiger partial charge on any atom is 0.235 e. The zero-order valence-electron chi connectivity index (χ0n) is 54.1. The topological polar surface area (TPSA) is 145 Å². The number of aromatic nitrogens is 6. The van der Waals surface area contributed by atoms with Crippen LogP contribution in [0.2, 0.25) is 5.28 Å². The zero-order chi connectivity index (χ0) is 66.4. The molecule has 1 N–H and O–H groups in total. The van der Waals surface area contributed by atoms with Gasteiger partial charge in [-0.15, -0.1) is 0 Å². The largest absolute Gasteiger partial charge is 0.353 e. The van der Waals surface area contributed by atoms with Crippen molar-refractivity contribution in [3.63, 3.8) is 0 Å².